The number of phenols is 1. The molecule has 0 amide bonds. The van der Waals surface area contributed by atoms with Crippen LogP contribution < -0.4 is 10.7 Å². The van der Waals surface area contributed by atoms with E-state index in [1.165, 1.54) is 0 Å². The third-order valence-electron chi connectivity index (χ3n) is 2.07. The van der Waals surface area contributed by atoms with Crippen LogP contribution in [0.15, 0.2) is 29.4 Å². The van der Waals surface area contributed by atoms with Gasteiger partial charge < -0.3 is 15.2 Å². The van der Waals surface area contributed by atoms with Gasteiger partial charge >= 0.3 is 0 Å². The summed E-state index contributed by atoms with van der Waals surface area (Å²) in [5.74, 6) is 0.227. The molecule has 0 radical (unpaired) electrons. The lowest BCUT2D eigenvalue weighted by molar-refractivity contribution is 0.179. The number of nitrogens with zero attached hydrogens (tertiary/aromatic N) is 1. The number of nitrogens with one attached hydrogen (secondary N) is 2. The lowest BCUT2D eigenvalue weighted by atomic mass is 10.2. The monoisotopic (exact) mass is 267 g/mol. The number of hydrogen-bond acceptors (Lipinski definition) is 4. The maximum Gasteiger partial charge on any atom is 0.187 e. The van der Waals surface area contributed by atoms with Crippen molar-refractivity contribution in [3.05, 3.63) is 29.8 Å². The summed E-state index contributed by atoms with van der Waals surface area (Å²) in [4.78, 5) is 0. The molecule has 18 heavy (non-hydrogen) atoms. The molecule has 3 N–H and O–H groups in total. The molecule has 1 aromatic rings. The number of phenolic OH excluding ortho intramolecular Hbond substituents is 1. The molecule has 0 aliphatic rings. The van der Waals surface area contributed by atoms with Crippen LogP contribution in [0.25, 0.3) is 0 Å². The molecular formula is C12H17N3O2S. The van der Waals surface area contributed by atoms with Crippen LogP contribution in [0.4, 0.5) is 0 Å². The molecule has 1 aromatic carbocycles. The zero-order chi connectivity index (χ0) is 13.4. The van der Waals surface area contributed by atoms with Crippen LogP contribution >= 0.6 is 12.2 Å². The zero-order valence-corrected chi connectivity index (χ0v) is 11.2. The van der Waals surface area contributed by atoms with Crippen molar-refractivity contribution in [1.82, 2.24) is 10.7 Å². The molecule has 0 unspecified atom stereocenters. The minimum absolute atomic E-state index is 0.124. The maximum absolute atomic E-state index is 9.12. The highest BCUT2D eigenvalue weighted by molar-refractivity contribution is 7.80. The summed E-state index contributed by atoms with van der Waals surface area (Å²) < 4.78 is 4.98. The summed E-state index contributed by atoms with van der Waals surface area (Å²) in [5, 5.41) is 16.6. The molecule has 0 heterocycles. The van der Waals surface area contributed by atoms with Crippen LogP contribution in [0.1, 0.15) is 12.5 Å². The smallest absolute Gasteiger partial charge is 0.187 e. The second-order valence-corrected chi connectivity index (χ2v) is 4.20. The largest absolute Gasteiger partial charge is 0.508 e. The van der Waals surface area contributed by atoms with Crippen molar-refractivity contribution < 1.29 is 9.84 Å². The molecule has 0 bridgehead atoms. The van der Waals surface area contributed by atoms with Gasteiger partial charge in [0.05, 0.1) is 12.8 Å². The van der Waals surface area contributed by atoms with Gasteiger partial charge in [0.15, 0.2) is 5.11 Å². The number of methoxy groups -OCH3 is 1. The van der Waals surface area contributed by atoms with Crippen LogP contribution in [0, 0.1) is 0 Å². The van der Waals surface area contributed by atoms with Crippen molar-refractivity contribution in [2.75, 3.05) is 13.7 Å². The molecule has 5 nitrogen and oxygen atoms in total. The van der Waals surface area contributed by atoms with Gasteiger partial charge in [-0.25, -0.2) is 0 Å². The van der Waals surface area contributed by atoms with Crippen LogP contribution in [-0.4, -0.2) is 36.2 Å². The van der Waals surface area contributed by atoms with Gasteiger partial charge in [0.1, 0.15) is 5.75 Å². The SMILES string of the molecule is COC[C@@H](C)NC(=S)N/N=C/c1ccc(O)cc1. The Bertz CT molecular complexity index is 406. The number of aromatic hydroxyl groups is 1. The highest BCUT2D eigenvalue weighted by Crippen LogP contribution is 2.07. The van der Waals surface area contributed by atoms with Gasteiger partial charge in [-0.15, -0.1) is 0 Å². The van der Waals surface area contributed by atoms with Gasteiger partial charge in [0.2, 0.25) is 0 Å². The quantitative estimate of drug-likeness (QED) is 0.425. The molecule has 1 rings (SSSR count). The predicted molar refractivity (Wildman–Crippen MR) is 75.9 cm³/mol. The molecule has 0 fully saturated rings. The van der Waals surface area contributed by atoms with E-state index in [4.69, 9.17) is 22.1 Å². The molecule has 0 spiro atoms. The van der Waals surface area contributed by atoms with E-state index in [1.54, 1.807) is 37.6 Å². The fraction of sp³-hybridized carbons (Fsp3) is 0.333. The summed E-state index contributed by atoms with van der Waals surface area (Å²) in [6, 6.07) is 6.82. The lowest BCUT2D eigenvalue weighted by Crippen LogP contribution is -2.40. The molecule has 1 atom stereocenters. The van der Waals surface area contributed by atoms with Crippen LogP contribution in [0.5, 0.6) is 5.75 Å². The normalized spacial score (nSPS) is 12.3. The van der Waals surface area contributed by atoms with Gasteiger partial charge in [-0.1, -0.05) is 0 Å². The van der Waals surface area contributed by atoms with Gasteiger partial charge in [0, 0.05) is 13.2 Å². The van der Waals surface area contributed by atoms with E-state index in [0.29, 0.717) is 11.7 Å². The number of hydrazone groups is 1. The van der Waals surface area contributed by atoms with Crippen molar-refractivity contribution in [3.8, 4) is 5.75 Å². The zero-order valence-electron chi connectivity index (χ0n) is 10.4. The predicted octanol–water partition coefficient (Wildman–Crippen LogP) is 1.23. The maximum atomic E-state index is 9.12. The first kappa shape index (κ1) is 14.4. The fourth-order valence-electron chi connectivity index (χ4n) is 1.27. The van der Waals surface area contributed by atoms with Crippen LogP contribution in [0.3, 0.4) is 0 Å². The third kappa shape index (κ3) is 5.60. The van der Waals surface area contributed by atoms with Crippen molar-refractivity contribution in [3.63, 3.8) is 0 Å². The van der Waals surface area contributed by atoms with E-state index in [1.807, 2.05) is 6.92 Å². The van der Waals surface area contributed by atoms with Crippen LogP contribution in [-0.2, 0) is 4.74 Å². The van der Waals surface area contributed by atoms with E-state index >= 15 is 0 Å². The Hall–Kier alpha value is -1.66. The molecular weight excluding hydrogens is 250 g/mol. The first-order chi connectivity index (χ1) is 8.61. The standard InChI is InChI=1S/C12H17N3O2S/c1-9(8-17-2)14-12(18)15-13-7-10-3-5-11(16)6-4-10/h3-7,9,16H,8H2,1-2H3,(H2,14,15,18)/b13-7+/t9-/m1/s1. The van der Waals surface area contributed by atoms with Gasteiger partial charge in [-0.05, 0) is 49.0 Å². The minimum atomic E-state index is 0.124. The van der Waals surface area contributed by atoms with Crippen LogP contribution in [0.2, 0.25) is 0 Å². The Labute approximate surface area is 112 Å². The lowest BCUT2D eigenvalue weighted by Gasteiger charge is -2.13. The van der Waals surface area contributed by atoms with Crippen molar-refractivity contribution in [2.24, 2.45) is 5.10 Å². The average molecular weight is 267 g/mol. The number of benzene rings is 1. The molecule has 6 heteroatoms. The number of ether oxygens (including phenoxy) is 1. The average Bonchev–Trinajstić information content (AvgIpc) is 2.32. The van der Waals surface area contributed by atoms with Gasteiger partial charge in [0.25, 0.3) is 0 Å². The minimum Gasteiger partial charge on any atom is -0.508 e. The van der Waals surface area contributed by atoms with Crippen molar-refractivity contribution in [1.29, 1.82) is 0 Å². The molecule has 0 aliphatic carbocycles. The number of hydrogen-bond donors (Lipinski definition) is 3. The molecule has 0 saturated carbocycles. The number of rotatable bonds is 5. The highest BCUT2D eigenvalue weighted by Gasteiger charge is 2.01. The summed E-state index contributed by atoms with van der Waals surface area (Å²) in [6.07, 6.45) is 1.62. The second-order valence-electron chi connectivity index (χ2n) is 3.79. The first-order valence-corrected chi connectivity index (χ1v) is 5.90. The molecule has 0 aromatic heterocycles. The summed E-state index contributed by atoms with van der Waals surface area (Å²) in [5.41, 5.74) is 3.58. The molecule has 98 valence electrons. The van der Waals surface area contributed by atoms with Gasteiger partial charge in [-0.3, -0.25) is 5.43 Å². The summed E-state index contributed by atoms with van der Waals surface area (Å²) >= 11 is 5.05. The van der Waals surface area contributed by atoms with Gasteiger partial charge in [-0.2, -0.15) is 5.10 Å². The molecule has 0 saturated heterocycles. The van der Waals surface area contributed by atoms with E-state index < -0.39 is 0 Å². The topological polar surface area (TPSA) is 65.9 Å². The Balaban J connectivity index is 2.35. The fourth-order valence-corrected chi connectivity index (χ4v) is 1.53. The Morgan fingerprint density at radius 1 is 1.50 bits per heavy atom. The molecule has 0 aliphatic heterocycles. The van der Waals surface area contributed by atoms with E-state index in [-0.39, 0.29) is 11.8 Å². The summed E-state index contributed by atoms with van der Waals surface area (Å²) in [6.45, 7) is 2.53. The Morgan fingerprint density at radius 3 is 2.78 bits per heavy atom. The Kier molecular flexibility index (Phi) is 6.10. The van der Waals surface area contributed by atoms with Crippen molar-refractivity contribution in [2.45, 2.75) is 13.0 Å². The highest BCUT2D eigenvalue weighted by atomic mass is 32.1. The second kappa shape index (κ2) is 7.62. The van der Waals surface area contributed by atoms with E-state index in [0.717, 1.165) is 5.56 Å². The third-order valence-corrected chi connectivity index (χ3v) is 2.28. The Morgan fingerprint density at radius 2 is 2.17 bits per heavy atom. The summed E-state index contributed by atoms with van der Waals surface area (Å²) in [7, 11) is 1.64. The van der Waals surface area contributed by atoms with E-state index in [2.05, 4.69) is 15.8 Å². The van der Waals surface area contributed by atoms with Crippen molar-refractivity contribution >= 4 is 23.5 Å². The number of thiocarbonyl (C=S) groups is 1. The first-order valence-electron chi connectivity index (χ1n) is 5.49. The van der Waals surface area contributed by atoms with E-state index in [9.17, 15) is 0 Å².